The predicted octanol–water partition coefficient (Wildman–Crippen LogP) is 3.42. The Labute approximate surface area is 143 Å². The van der Waals surface area contributed by atoms with Gasteiger partial charge in [0.25, 0.3) is 5.91 Å². The highest BCUT2D eigenvalue weighted by molar-refractivity contribution is 6.33. The number of esters is 1. The Bertz CT molecular complexity index is 734. The number of ether oxygens (including phenoxy) is 2. The van der Waals surface area contributed by atoms with Crippen molar-refractivity contribution in [3.05, 3.63) is 64.4 Å². The minimum Gasteiger partial charge on any atom is -0.452 e. The summed E-state index contributed by atoms with van der Waals surface area (Å²) >= 11 is 5.80. The zero-order valence-corrected chi connectivity index (χ0v) is 13.6. The van der Waals surface area contributed by atoms with Gasteiger partial charge in [-0.25, -0.2) is 9.18 Å². The lowest BCUT2D eigenvalue weighted by Gasteiger charge is -2.08. The summed E-state index contributed by atoms with van der Waals surface area (Å²) < 4.78 is 22.8. The summed E-state index contributed by atoms with van der Waals surface area (Å²) in [7, 11) is 1.58. The van der Waals surface area contributed by atoms with Crippen LogP contribution >= 0.6 is 11.6 Å². The van der Waals surface area contributed by atoms with E-state index in [4.69, 9.17) is 21.1 Å². The van der Waals surface area contributed by atoms with Gasteiger partial charge in [-0.2, -0.15) is 0 Å². The second-order valence-corrected chi connectivity index (χ2v) is 5.29. The van der Waals surface area contributed by atoms with Crippen molar-refractivity contribution in [3.8, 4) is 0 Å². The van der Waals surface area contributed by atoms with E-state index in [1.807, 2.05) is 0 Å². The van der Waals surface area contributed by atoms with E-state index in [9.17, 15) is 14.0 Å². The third-order valence-corrected chi connectivity index (χ3v) is 3.35. The number of amides is 1. The summed E-state index contributed by atoms with van der Waals surface area (Å²) in [5, 5.41) is 2.50. The normalized spacial score (nSPS) is 10.3. The third-order valence-electron chi connectivity index (χ3n) is 3.04. The Kier molecular flexibility index (Phi) is 6.28. The maximum Gasteiger partial charge on any atom is 0.338 e. The van der Waals surface area contributed by atoms with Crippen molar-refractivity contribution in [1.82, 2.24) is 0 Å². The van der Waals surface area contributed by atoms with Crippen LogP contribution in [0.25, 0.3) is 0 Å². The highest BCUT2D eigenvalue weighted by atomic mass is 35.5. The molecule has 0 aliphatic carbocycles. The van der Waals surface area contributed by atoms with Crippen LogP contribution < -0.4 is 5.32 Å². The first-order chi connectivity index (χ1) is 11.5. The van der Waals surface area contributed by atoms with E-state index < -0.39 is 24.3 Å². The minimum absolute atomic E-state index is 0.0587. The Morgan fingerprint density at radius 3 is 2.50 bits per heavy atom. The number of carbonyl (C=O) groups excluding carboxylic acids is 2. The molecule has 0 bridgehead atoms. The molecule has 0 spiro atoms. The molecule has 2 rings (SSSR count). The van der Waals surface area contributed by atoms with Crippen molar-refractivity contribution in [2.45, 2.75) is 6.61 Å². The quantitative estimate of drug-likeness (QED) is 0.810. The molecule has 0 aliphatic rings. The van der Waals surface area contributed by atoms with Gasteiger partial charge < -0.3 is 14.8 Å². The average molecular weight is 352 g/mol. The first-order valence-corrected chi connectivity index (χ1v) is 7.37. The molecule has 0 fully saturated rings. The molecule has 0 atom stereocenters. The van der Waals surface area contributed by atoms with Gasteiger partial charge >= 0.3 is 5.97 Å². The molecule has 0 unspecified atom stereocenters. The van der Waals surface area contributed by atoms with Crippen molar-refractivity contribution >= 4 is 29.2 Å². The second kappa shape index (κ2) is 8.42. The summed E-state index contributed by atoms with van der Waals surface area (Å²) in [6.45, 7) is -0.0392. The molecule has 126 valence electrons. The van der Waals surface area contributed by atoms with Gasteiger partial charge in [0, 0.05) is 7.11 Å². The van der Waals surface area contributed by atoms with Crippen LogP contribution in [0.2, 0.25) is 5.02 Å². The predicted molar refractivity (Wildman–Crippen MR) is 87.5 cm³/mol. The number of hydrogen-bond acceptors (Lipinski definition) is 4. The molecular weight excluding hydrogens is 337 g/mol. The molecule has 2 aromatic rings. The number of methoxy groups -OCH3 is 1. The fourth-order valence-electron chi connectivity index (χ4n) is 1.90. The average Bonchev–Trinajstić information content (AvgIpc) is 2.56. The van der Waals surface area contributed by atoms with E-state index >= 15 is 0 Å². The van der Waals surface area contributed by atoms with Crippen molar-refractivity contribution in [2.75, 3.05) is 19.0 Å². The highest BCUT2D eigenvalue weighted by Gasteiger charge is 2.12. The number of halogens is 2. The zero-order chi connectivity index (χ0) is 17.5. The standard InChI is InChI=1S/C17H15ClFNO4/c1-23-9-11-2-4-12(5-3-11)17(22)24-10-16(21)20-15-7-6-13(19)8-14(15)18/h2-8H,9-10H2,1H3,(H,20,21). The van der Waals surface area contributed by atoms with Crippen LogP contribution in [0.15, 0.2) is 42.5 Å². The molecule has 0 saturated heterocycles. The lowest BCUT2D eigenvalue weighted by Crippen LogP contribution is -2.21. The molecule has 2 aromatic carbocycles. The molecule has 24 heavy (non-hydrogen) atoms. The number of benzene rings is 2. The van der Waals surface area contributed by atoms with Gasteiger partial charge in [0.1, 0.15) is 5.82 Å². The number of nitrogens with one attached hydrogen (secondary N) is 1. The number of anilines is 1. The highest BCUT2D eigenvalue weighted by Crippen LogP contribution is 2.22. The maximum absolute atomic E-state index is 12.9. The Balaban J connectivity index is 1.87. The fourth-order valence-corrected chi connectivity index (χ4v) is 2.11. The largest absolute Gasteiger partial charge is 0.452 e. The van der Waals surface area contributed by atoms with Crippen molar-refractivity contribution in [1.29, 1.82) is 0 Å². The van der Waals surface area contributed by atoms with Crippen LogP contribution in [0.1, 0.15) is 15.9 Å². The Hall–Kier alpha value is -2.44. The molecule has 5 nitrogen and oxygen atoms in total. The second-order valence-electron chi connectivity index (χ2n) is 4.88. The van der Waals surface area contributed by atoms with Gasteiger partial charge in [-0.1, -0.05) is 23.7 Å². The first-order valence-electron chi connectivity index (χ1n) is 6.99. The SMILES string of the molecule is COCc1ccc(C(=O)OCC(=O)Nc2ccc(F)cc2Cl)cc1. The van der Waals surface area contributed by atoms with Crippen LogP contribution in [0.4, 0.5) is 10.1 Å². The zero-order valence-electron chi connectivity index (χ0n) is 12.8. The van der Waals surface area contributed by atoms with Crippen LogP contribution in [0, 0.1) is 5.82 Å². The molecule has 0 heterocycles. The maximum atomic E-state index is 12.9. The Morgan fingerprint density at radius 1 is 1.17 bits per heavy atom. The van der Waals surface area contributed by atoms with Crippen LogP contribution in [0.5, 0.6) is 0 Å². The van der Waals surface area contributed by atoms with E-state index in [2.05, 4.69) is 5.32 Å². The summed E-state index contributed by atoms with van der Waals surface area (Å²) in [5.74, 6) is -1.71. The Morgan fingerprint density at radius 2 is 1.88 bits per heavy atom. The topological polar surface area (TPSA) is 64.6 Å². The molecule has 0 radical (unpaired) electrons. The van der Waals surface area contributed by atoms with Gasteiger partial charge in [-0.3, -0.25) is 4.79 Å². The first kappa shape index (κ1) is 17.9. The number of carbonyl (C=O) groups is 2. The van der Waals surface area contributed by atoms with Crippen LogP contribution in [0.3, 0.4) is 0 Å². The molecular formula is C17H15ClFNO4. The van der Waals surface area contributed by atoms with Crippen molar-refractivity contribution < 1.29 is 23.5 Å². The van der Waals surface area contributed by atoms with E-state index in [0.717, 1.165) is 17.7 Å². The molecule has 1 N–H and O–H groups in total. The summed E-state index contributed by atoms with van der Waals surface area (Å²) in [4.78, 5) is 23.6. The number of hydrogen-bond donors (Lipinski definition) is 1. The van der Waals surface area contributed by atoms with Crippen molar-refractivity contribution in [2.24, 2.45) is 0 Å². The molecule has 0 aliphatic heterocycles. The van der Waals surface area contributed by atoms with E-state index in [1.54, 1.807) is 31.4 Å². The van der Waals surface area contributed by atoms with Crippen molar-refractivity contribution in [3.63, 3.8) is 0 Å². The van der Waals surface area contributed by atoms with E-state index in [1.165, 1.54) is 6.07 Å². The van der Waals surface area contributed by atoms with E-state index in [-0.39, 0.29) is 10.7 Å². The molecule has 7 heteroatoms. The van der Waals surface area contributed by atoms with Gasteiger partial charge in [0.05, 0.1) is 22.9 Å². The van der Waals surface area contributed by atoms with Gasteiger partial charge in [0.2, 0.25) is 0 Å². The lowest BCUT2D eigenvalue weighted by molar-refractivity contribution is -0.119. The molecule has 0 saturated carbocycles. The van der Waals surface area contributed by atoms with Gasteiger partial charge in [-0.05, 0) is 35.9 Å². The fraction of sp³-hybridized carbons (Fsp3) is 0.176. The van der Waals surface area contributed by atoms with E-state index in [0.29, 0.717) is 12.2 Å². The minimum atomic E-state index is -0.626. The summed E-state index contributed by atoms with van der Waals surface area (Å²) in [6.07, 6.45) is 0. The third kappa shape index (κ3) is 5.04. The molecule has 0 aromatic heterocycles. The monoisotopic (exact) mass is 351 g/mol. The summed E-state index contributed by atoms with van der Waals surface area (Å²) in [6, 6.07) is 10.2. The molecule has 1 amide bonds. The smallest absolute Gasteiger partial charge is 0.338 e. The summed E-state index contributed by atoms with van der Waals surface area (Å²) in [5.41, 5.74) is 1.48. The van der Waals surface area contributed by atoms with Gasteiger partial charge in [-0.15, -0.1) is 0 Å². The number of rotatable bonds is 6. The lowest BCUT2D eigenvalue weighted by atomic mass is 10.1. The van der Waals surface area contributed by atoms with Crippen LogP contribution in [-0.2, 0) is 20.9 Å². The van der Waals surface area contributed by atoms with Gasteiger partial charge in [0.15, 0.2) is 6.61 Å². The van der Waals surface area contributed by atoms with Crippen LogP contribution in [-0.4, -0.2) is 25.6 Å².